The molecule has 0 fully saturated rings. The molecular formula is C12H16ClF. The minimum atomic E-state index is -0.137. The van der Waals surface area contributed by atoms with E-state index in [1.807, 2.05) is 27.7 Å². The van der Waals surface area contributed by atoms with Gasteiger partial charge in [-0.25, -0.2) is 4.39 Å². The molecule has 0 saturated heterocycles. The van der Waals surface area contributed by atoms with Crippen molar-refractivity contribution in [2.24, 2.45) is 0 Å². The summed E-state index contributed by atoms with van der Waals surface area (Å²) in [4.78, 5) is 0. The summed E-state index contributed by atoms with van der Waals surface area (Å²) < 4.78 is 14.0. The monoisotopic (exact) mass is 214 g/mol. The maximum Gasteiger partial charge on any atom is 0.131 e. The Kier molecular flexibility index (Phi) is 3.54. The van der Waals surface area contributed by atoms with E-state index in [4.69, 9.17) is 11.6 Å². The largest absolute Gasteiger partial charge is 0.206 e. The van der Waals surface area contributed by atoms with Gasteiger partial charge in [0.05, 0.1) is 0 Å². The van der Waals surface area contributed by atoms with Gasteiger partial charge in [0, 0.05) is 10.6 Å². The van der Waals surface area contributed by atoms with Gasteiger partial charge >= 0.3 is 0 Å². The lowest BCUT2D eigenvalue weighted by Crippen LogP contribution is -2.01. The molecule has 0 spiro atoms. The zero-order chi connectivity index (χ0) is 10.9. The molecule has 0 unspecified atom stereocenters. The highest BCUT2D eigenvalue weighted by Crippen LogP contribution is 2.31. The molecule has 14 heavy (non-hydrogen) atoms. The molecule has 0 radical (unpaired) electrons. The van der Waals surface area contributed by atoms with Crippen LogP contribution in [0.25, 0.3) is 0 Å². The minimum absolute atomic E-state index is 0.126. The first-order valence-corrected chi connectivity index (χ1v) is 5.30. The number of hydrogen-bond acceptors (Lipinski definition) is 0. The highest BCUT2D eigenvalue weighted by Gasteiger charge is 2.16. The summed E-state index contributed by atoms with van der Waals surface area (Å²) in [6, 6.07) is 3.56. The van der Waals surface area contributed by atoms with E-state index in [1.54, 1.807) is 12.1 Å². The predicted octanol–water partition coefficient (Wildman–Crippen LogP) is 4.73. The highest BCUT2D eigenvalue weighted by atomic mass is 35.5. The molecule has 0 bridgehead atoms. The summed E-state index contributed by atoms with van der Waals surface area (Å²) in [5, 5.41) is 0.530. The summed E-state index contributed by atoms with van der Waals surface area (Å²) in [6.07, 6.45) is 0. The maximum atomic E-state index is 14.0. The fraction of sp³-hybridized carbons (Fsp3) is 0.500. The SMILES string of the molecule is CC(C)c1ccc(Cl)c(C(C)C)c1F. The number of benzene rings is 1. The zero-order valence-electron chi connectivity index (χ0n) is 9.07. The molecular weight excluding hydrogens is 199 g/mol. The lowest BCUT2D eigenvalue weighted by molar-refractivity contribution is 0.572. The summed E-state index contributed by atoms with van der Waals surface area (Å²) in [5.41, 5.74) is 1.39. The molecule has 0 nitrogen and oxygen atoms in total. The van der Waals surface area contributed by atoms with E-state index in [0.717, 1.165) is 5.56 Å². The molecule has 1 rings (SSSR count). The Morgan fingerprint density at radius 2 is 1.64 bits per heavy atom. The van der Waals surface area contributed by atoms with E-state index in [1.165, 1.54) is 0 Å². The second-order valence-electron chi connectivity index (χ2n) is 4.17. The van der Waals surface area contributed by atoms with Crippen LogP contribution in [-0.2, 0) is 0 Å². The third kappa shape index (κ3) is 2.09. The number of hydrogen-bond donors (Lipinski definition) is 0. The third-order valence-electron chi connectivity index (χ3n) is 2.36. The van der Waals surface area contributed by atoms with E-state index in [2.05, 4.69) is 0 Å². The van der Waals surface area contributed by atoms with Crippen LogP contribution in [0.4, 0.5) is 4.39 Å². The summed E-state index contributed by atoms with van der Waals surface area (Å²) >= 11 is 5.96. The van der Waals surface area contributed by atoms with Crippen molar-refractivity contribution in [2.75, 3.05) is 0 Å². The third-order valence-corrected chi connectivity index (χ3v) is 2.69. The molecule has 1 aromatic carbocycles. The van der Waals surface area contributed by atoms with Crippen LogP contribution in [0, 0.1) is 5.82 Å². The van der Waals surface area contributed by atoms with Crippen molar-refractivity contribution in [3.63, 3.8) is 0 Å². The molecule has 2 heteroatoms. The highest BCUT2D eigenvalue weighted by molar-refractivity contribution is 6.31. The average molecular weight is 215 g/mol. The Hall–Kier alpha value is -0.560. The molecule has 0 atom stereocenters. The Balaban J connectivity index is 3.34. The van der Waals surface area contributed by atoms with Gasteiger partial charge in [0.25, 0.3) is 0 Å². The van der Waals surface area contributed by atoms with Crippen molar-refractivity contribution >= 4 is 11.6 Å². The smallest absolute Gasteiger partial charge is 0.131 e. The van der Waals surface area contributed by atoms with Crippen LogP contribution >= 0.6 is 11.6 Å². The van der Waals surface area contributed by atoms with Crippen molar-refractivity contribution < 1.29 is 4.39 Å². The Labute approximate surface area is 90.1 Å². The van der Waals surface area contributed by atoms with Gasteiger partial charge in [-0.05, 0) is 23.5 Å². The second kappa shape index (κ2) is 4.31. The van der Waals surface area contributed by atoms with Crippen LogP contribution in [0.3, 0.4) is 0 Å². The fourth-order valence-electron chi connectivity index (χ4n) is 1.56. The van der Waals surface area contributed by atoms with Gasteiger partial charge in [0.2, 0.25) is 0 Å². The van der Waals surface area contributed by atoms with E-state index in [0.29, 0.717) is 10.6 Å². The molecule has 0 heterocycles. The van der Waals surface area contributed by atoms with E-state index < -0.39 is 0 Å². The van der Waals surface area contributed by atoms with Crippen molar-refractivity contribution in [3.8, 4) is 0 Å². The predicted molar refractivity (Wildman–Crippen MR) is 59.6 cm³/mol. The van der Waals surface area contributed by atoms with Gasteiger partial charge in [-0.2, -0.15) is 0 Å². The van der Waals surface area contributed by atoms with Gasteiger partial charge in [-0.15, -0.1) is 0 Å². The van der Waals surface area contributed by atoms with Crippen LogP contribution < -0.4 is 0 Å². The molecule has 0 saturated carbocycles. The Morgan fingerprint density at radius 1 is 1.07 bits per heavy atom. The summed E-state index contributed by atoms with van der Waals surface area (Å²) in [6.45, 7) is 7.87. The van der Waals surface area contributed by atoms with Gasteiger partial charge < -0.3 is 0 Å². The maximum absolute atomic E-state index is 14.0. The molecule has 0 aliphatic carbocycles. The molecule has 78 valence electrons. The van der Waals surface area contributed by atoms with E-state index >= 15 is 0 Å². The molecule has 0 amide bonds. The molecule has 1 aromatic rings. The minimum Gasteiger partial charge on any atom is -0.206 e. The zero-order valence-corrected chi connectivity index (χ0v) is 9.82. The average Bonchev–Trinajstić information content (AvgIpc) is 2.02. The standard InChI is InChI=1S/C12H16ClF/c1-7(2)9-5-6-10(13)11(8(3)4)12(9)14/h5-8H,1-4H3. The summed E-state index contributed by atoms with van der Waals surface area (Å²) in [5.74, 6) is 0.188. The van der Waals surface area contributed by atoms with Gasteiger partial charge in [0.15, 0.2) is 0 Å². The van der Waals surface area contributed by atoms with Gasteiger partial charge in [-0.1, -0.05) is 45.4 Å². The molecule has 0 aromatic heterocycles. The van der Waals surface area contributed by atoms with Crippen LogP contribution in [-0.4, -0.2) is 0 Å². The topological polar surface area (TPSA) is 0 Å². The summed E-state index contributed by atoms with van der Waals surface area (Å²) in [7, 11) is 0. The lowest BCUT2D eigenvalue weighted by Gasteiger charge is -2.15. The molecule has 0 aliphatic heterocycles. The van der Waals surface area contributed by atoms with Crippen molar-refractivity contribution in [2.45, 2.75) is 39.5 Å². The van der Waals surface area contributed by atoms with Crippen molar-refractivity contribution in [1.29, 1.82) is 0 Å². The normalized spacial score (nSPS) is 11.4. The van der Waals surface area contributed by atoms with Crippen molar-refractivity contribution in [1.82, 2.24) is 0 Å². The number of halogens is 2. The van der Waals surface area contributed by atoms with Crippen LogP contribution in [0.5, 0.6) is 0 Å². The lowest BCUT2D eigenvalue weighted by atomic mass is 9.95. The van der Waals surface area contributed by atoms with Crippen LogP contribution in [0.1, 0.15) is 50.7 Å². The van der Waals surface area contributed by atoms with Crippen LogP contribution in [0.15, 0.2) is 12.1 Å². The quantitative estimate of drug-likeness (QED) is 0.668. The van der Waals surface area contributed by atoms with Gasteiger partial charge in [0.1, 0.15) is 5.82 Å². The first-order chi connectivity index (χ1) is 6.45. The fourth-order valence-corrected chi connectivity index (χ4v) is 1.93. The van der Waals surface area contributed by atoms with Crippen LogP contribution in [0.2, 0.25) is 5.02 Å². The van der Waals surface area contributed by atoms with Crippen molar-refractivity contribution in [3.05, 3.63) is 34.1 Å². The van der Waals surface area contributed by atoms with E-state index in [-0.39, 0.29) is 17.7 Å². The second-order valence-corrected chi connectivity index (χ2v) is 4.58. The first-order valence-electron chi connectivity index (χ1n) is 4.93. The first kappa shape index (κ1) is 11.5. The molecule has 0 aliphatic rings. The number of rotatable bonds is 2. The Morgan fingerprint density at radius 3 is 2.07 bits per heavy atom. The van der Waals surface area contributed by atoms with E-state index in [9.17, 15) is 4.39 Å². The van der Waals surface area contributed by atoms with Gasteiger partial charge in [-0.3, -0.25) is 0 Å². The Bertz CT molecular complexity index is 329. The molecule has 0 N–H and O–H groups in total.